The molecule has 0 saturated heterocycles. The van der Waals surface area contributed by atoms with Crippen molar-refractivity contribution in [1.29, 1.82) is 0 Å². The molecule has 3 N–H and O–H groups in total. The number of rotatable bonds is 5. The summed E-state index contributed by atoms with van der Waals surface area (Å²) in [6.45, 7) is -0.217. The molecule has 7 nitrogen and oxygen atoms in total. The van der Waals surface area contributed by atoms with E-state index in [1.165, 1.54) is 4.90 Å². The third kappa shape index (κ3) is 5.21. The van der Waals surface area contributed by atoms with Gasteiger partial charge in [-0.15, -0.1) is 0 Å². The van der Waals surface area contributed by atoms with E-state index < -0.39 is 12.1 Å². The van der Waals surface area contributed by atoms with Gasteiger partial charge in [0, 0.05) is 20.1 Å². The fourth-order valence-electron chi connectivity index (χ4n) is 2.94. The van der Waals surface area contributed by atoms with Crippen LogP contribution in [0, 0.1) is 0 Å². The van der Waals surface area contributed by atoms with Gasteiger partial charge >= 0.3 is 6.03 Å². The average Bonchev–Trinajstić information content (AvgIpc) is 3.01. The number of hydrogen-bond acceptors (Lipinski definition) is 4. The Hall–Kier alpha value is -1.60. The first-order valence-electron chi connectivity index (χ1n) is 8.21. The first-order chi connectivity index (χ1) is 11.0. The molecule has 0 spiro atoms. The van der Waals surface area contributed by atoms with Gasteiger partial charge in [0.15, 0.2) is 0 Å². The van der Waals surface area contributed by atoms with Crippen LogP contribution in [0.3, 0.4) is 0 Å². The summed E-state index contributed by atoms with van der Waals surface area (Å²) in [7, 11) is 3.38. The van der Waals surface area contributed by atoms with E-state index in [1.54, 1.807) is 26.2 Å². The van der Waals surface area contributed by atoms with Crippen molar-refractivity contribution < 1.29 is 19.4 Å². The van der Waals surface area contributed by atoms with Crippen molar-refractivity contribution >= 4 is 11.9 Å². The van der Waals surface area contributed by atoms with Gasteiger partial charge in [-0.3, -0.25) is 4.79 Å². The summed E-state index contributed by atoms with van der Waals surface area (Å²) in [6.07, 6.45) is 7.20. The summed E-state index contributed by atoms with van der Waals surface area (Å²) in [5, 5.41) is 15.3. The minimum Gasteiger partial charge on any atom is -0.394 e. The molecule has 1 fully saturated rings. The normalized spacial score (nSPS) is 27.7. The third-order valence-corrected chi connectivity index (χ3v) is 4.33. The molecule has 7 heteroatoms. The molecule has 130 valence electrons. The molecule has 1 aliphatic heterocycles. The summed E-state index contributed by atoms with van der Waals surface area (Å²) < 4.78 is 5.71. The highest BCUT2D eigenvalue weighted by Gasteiger charge is 2.29. The number of carbonyl (C=O) groups is 2. The summed E-state index contributed by atoms with van der Waals surface area (Å²) in [4.78, 5) is 25.3. The molecule has 0 aromatic rings. The highest BCUT2D eigenvalue weighted by atomic mass is 16.5. The second-order valence-electron chi connectivity index (χ2n) is 6.40. The minimum atomic E-state index is -0.547. The summed E-state index contributed by atoms with van der Waals surface area (Å²) >= 11 is 0. The van der Waals surface area contributed by atoms with Crippen LogP contribution >= 0.6 is 0 Å². The number of ether oxygens (including phenoxy) is 1. The van der Waals surface area contributed by atoms with Crippen LogP contribution in [-0.4, -0.2) is 66.9 Å². The van der Waals surface area contributed by atoms with Gasteiger partial charge in [-0.1, -0.05) is 25.0 Å². The number of aliphatic hydroxyl groups excluding tert-OH is 1. The number of carbonyl (C=O) groups excluding carboxylic acids is 2. The lowest BCUT2D eigenvalue weighted by molar-refractivity contribution is -0.132. The molecule has 0 bridgehead atoms. The van der Waals surface area contributed by atoms with E-state index in [1.807, 2.05) is 0 Å². The zero-order valence-corrected chi connectivity index (χ0v) is 13.8. The Kier molecular flexibility index (Phi) is 6.41. The van der Waals surface area contributed by atoms with Gasteiger partial charge in [0.25, 0.3) is 0 Å². The van der Waals surface area contributed by atoms with E-state index in [9.17, 15) is 14.7 Å². The van der Waals surface area contributed by atoms with Crippen molar-refractivity contribution in [3.63, 3.8) is 0 Å². The maximum Gasteiger partial charge on any atom is 0.315 e. The first kappa shape index (κ1) is 17.7. The third-order valence-electron chi connectivity index (χ3n) is 4.33. The highest BCUT2D eigenvalue weighted by molar-refractivity contribution is 5.76. The molecule has 3 atom stereocenters. The predicted molar refractivity (Wildman–Crippen MR) is 85.9 cm³/mol. The Morgan fingerprint density at radius 2 is 1.91 bits per heavy atom. The van der Waals surface area contributed by atoms with Crippen molar-refractivity contribution in [3.8, 4) is 0 Å². The van der Waals surface area contributed by atoms with Crippen molar-refractivity contribution in [2.75, 3.05) is 20.7 Å². The zero-order chi connectivity index (χ0) is 16.8. The molecule has 1 saturated carbocycles. The zero-order valence-electron chi connectivity index (χ0n) is 13.8. The van der Waals surface area contributed by atoms with E-state index in [0.717, 1.165) is 25.7 Å². The minimum absolute atomic E-state index is 0.0401. The summed E-state index contributed by atoms with van der Waals surface area (Å²) in [5.41, 5.74) is 0. The monoisotopic (exact) mass is 325 g/mol. The Labute approximate surface area is 137 Å². The molecule has 2 aliphatic rings. The first-order valence-corrected chi connectivity index (χ1v) is 8.21. The van der Waals surface area contributed by atoms with Crippen molar-refractivity contribution in [3.05, 3.63) is 12.2 Å². The molecule has 0 radical (unpaired) electrons. The Morgan fingerprint density at radius 1 is 1.22 bits per heavy atom. The van der Waals surface area contributed by atoms with Crippen LogP contribution in [0.5, 0.6) is 0 Å². The van der Waals surface area contributed by atoms with Crippen LogP contribution in [0.25, 0.3) is 0 Å². The number of nitrogens with zero attached hydrogens (tertiary/aromatic N) is 1. The molecule has 1 aliphatic carbocycles. The Balaban J connectivity index is 1.86. The van der Waals surface area contributed by atoms with E-state index in [4.69, 9.17) is 4.74 Å². The molecule has 1 heterocycles. The molecular formula is C16H27N3O4. The van der Waals surface area contributed by atoms with Gasteiger partial charge in [0.1, 0.15) is 6.10 Å². The summed E-state index contributed by atoms with van der Waals surface area (Å²) in [5.74, 6) is -0.0401. The molecule has 0 aromatic carbocycles. The molecular weight excluding hydrogens is 298 g/mol. The van der Waals surface area contributed by atoms with E-state index in [0.29, 0.717) is 0 Å². The second-order valence-corrected chi connectivity index (χ2v) is 6.40. The molecule has 2 rings (SSSR count). The highest BCUT2D eigenvalue weighted by Crippen LogP contribution is 2.18. The van der Waals surface area contributed by atoms with Gasteiger partial charge in [-0.05, 0) is 12.8 Å². The van der Waals surface area contributed by atoms with Gasteiger partial charge in [0.2, 0.25) is 5.91 Å². The van der Waals surface area contributed by atoms with Gasteiger partial charge in [0.05, 0.1) is 25.2 Å². The van der Waals surface area contributed by atoms with Crippen LogP contribution in [0.15, 0.2) is 12.2 Å². The lowest BCUT2D eigenvalue weighted by Crippen LogP contribution is -2.52. The van der Waals surface area contributed by atoms with E-state index in [2.05, 4.69) is 10.6 Å². The molecule has 0 aromatic heterocycles. The molecule has 3 amide bonds. The Bertz CT molecular complexity index is 447. The maximum atomic E-state index is 12.0. The standard InChI is InChI=1S/C16H27N3O4/c1-19(2)15(21)9-12-7-8-13(14(10-20)23-12)18-16(22)17-11-5-3-4-6-11/h7-8,11-14,20H,3-6,9-10H2,1-2H3,(H2,17,18,22)/t12-,13+,14-/m0/s1. The van der Waals surface area contributed by atoms with Crippen LogP contribution in [0.4, 0.5) is 4.79 Å². The van der Waals surface area contributed by atoms with Crippen LogP contribution in [-0.2, 0) is 9.53 Å². The van der Waals surface area contributed by atoms with Crippen LogP contribution in [0.1, 0.15) is 32.1 Å². The number of nitrogens with one attached hydrogen (secondary N) is 2. The van der Waals surface area contributed by atoms with Crippen molar-refractivity contribution in [2.45, 2.75) is 56.4 Å². The largest absolute Gasteiger partial charge is 0.394 e. The predicted octanol–water partition coefficient (Wildman–Crippen LogP) is 0.391. The number of aliphatic hydroxyl groups is 1. The fourth-order valence-corrected chi connectivity index (χ4v) is 2.94. The Morgan fingerprint density at radius 3 is 2.52 bits per heavy atom. The maximum absolute atomic E-state index is 12.0. The van der Waals surface area contributed by atoms with Crippen LogP contribution < -0.4 is 10.6 Å². The number of hydrogen-bond donors (Lipinski definition) is 3. The second kappa shape index (κ2) is 8.31. The van der Waals surface area contributed by atoms with E-state index >= 15 is 0 Å². The fraction of sp³-hybridized carbons (Fsp3) is 0.750. The van der Waals surface area contributed by atoms with E-state index in [-0.39, 0.29) is 37.1 Å². The SMILES string of the molecule is CN(C)C(=O)C[C@@H]1C=C[C@@H](NC(=O)NC2CCCC2)[C@H](CO)O1. The quantitative estimate of drug-likeness (QED) is 0.638. The molecule has 0 unspecified atom stereocenters. The summed E-state index contributed by atoms with van der Waals surface area (Å²) in [6, 6.07) is -0.398. The van der Waals surface area contributed by atoms with Crippen molar-refractivity contribution in [2.24, 2.45) is 0 Å². The average molecular weight is 325 g/mol. The lowest BCUT2D eigenvalue weighted by Gasteiger charge is -2.32. The topological polar surface area (TPSA) is 90.9 Å². The van der Waals surface area contributed by atoms with Crippen molar-refractivity contribution in [1.82, 2.24) is 15.5 Å². The number of amides is 3. The number of urea groups is 1. The van der Waals surface area contributed by atoms with Gasteiger partial charge < -0.3 is 25.4 Å². The molecule has 23 heavy (non-hydrogen) atoms. The smallest absolute Gasteiger partial charge is 0.315 e. The lowest BCUT2D eigenvalue weighted by atomic mass is 10.0. The van der Waals surface area contributed by atoms with Crippen LogP contribution in [0.2, 0.25) is 0 Å². The van der Waals surface area contributed by atoms with Gasteiger partial charge in [-0.2, -0.15) is 0 Å². The van der Waals surface area contributed by atoms with Gasteiger partial charge in [-0.25, -0.2) is 4.79 Å².